The average molecular weight is 331 g/mol. The van der Waals surface area contributed by atoms with Crippen molar-refractivity contribution < 1.29 is 17.7 Å². The number of fused-ring (bicyclic) bond motifs is 1. The molecule has 0 aromatic heterocycles. The van der Waals surface area contributed by atoms with Crippen LogP contribution in [-0.2, 0) is 10.1 Å². The first-order valence-electron chi connectivity index (χ1n) is 7.23. The number of ether oxygens (including phenoxy) is 1. The van der Waals surface area contributed by atoms with Crippen LogP contribution in [0.4, 0.5) is 5.69 Å². The number of nitrogens with zero attached hydrogens (tertiary/aromatic N) is 1. The van der Waals surface area contributed by atoms with Gasteiger partial charge < -0.3 is 9.64 Å². The predicted molar refractivity (Wildman–Crippen MR) is 90.0 cm³/mol. The van der Waals surface area contributed by atoms with Crippen molar-refractivity contribution in [1.82, 2.24) is 0 Å². The predicted octanol–water partition coefficient (Wildman–Crippen LogP) is 3.30. The highest BCUT2D eigenvalue weighted by Gasteiger charge is 2.25. The van der Waals surface area contributed by atoms with Gasteiger partial charge in [-0.25, -0.2) is 0 Å². The Morgan fingerprint density at radius 1 is 1.09 bits per heavy atom. The van der Waals surface area contributed by atoms with E-state index in [2.05, 4.69) is 6.58 Å². The maximum absolute atomic E-state index is 10.9. The summed E-state index contributed by atoms with van der Waals surface area (Å²) in [7, 11) is -3.96. The van der Waals surface area contributed by atoms with Gasteiger partial charge in [0.1, 0.15) is 0 Å². The standard InChI is InChI=1S/C17H17NO4S/c1-13-18(10-5-11-23(19,20)21)16-12-15(8-9-17(16)22-13)14-6-3-2-4-7-14/h2-4,6-9,12H,1,5,10-11H2,(H,19,20,21). The van der Waals surface area contributed by atoms with E-state index in [1.807, 2.05) is 53.4 Å². The largest absolute Gasteiger partial charge is 0.439 e. The second-order valence-corrected chi connectivity index (χ2v) is 6.91. The molecular weight excluding hydrogens is 314 g/mol. The van der Waals surface area contributed by atoms with Crippen molar-refractivity contribution in [2.24, 2.45) is 0 Å². The highest BCUT2D eigenvalue weighted by atomic mass is 32.2. The van der Waals surface area contributed by atoms with Crippen molar-refractivity contribution in [3.63, 3.8) is 0 Å². The third-order valence-corrected chi connectivity index (χ3v) is 4.47. The Hall–Kier alpha value is -2.31. The summed E-state index contributed by atoms with van der Waals surface area (Å²) >= 11 is 0. The Morgan fingerprint density at radius 2 is 1.83 bits per heavy atom. The molecule has 2 aromatic rings. The highest BCUT2D eigenvalue weighted by Crippen LogP contribution is 2.41. The molecule has 0 atom stereocenters. The number of hydrogen-bond acceptors (Lipinski definition) is 4. The molecule has 3 rings (SSSR count). The molecule has 0 aliphatic carbocycles. The van der Waals surface area contributed by atoms with Gasteiger partial charge in [-0.05, 0) is 36.3 Å². The lowest BCUT2D eigenvalue weighted by Gasteiger charge is -2.17. The summed E-state index contributed by atoms with van der Waals surface area (Å²) in [6.07, 6.45) is 0.288. The number of rotatable bonds is 5. The quantitative estimate of drug-likeness (QED) is 0.852. The second-order valence-electron chi connectivity index (χ2n) is 5.34. The Kier molecular flexibility index (Phi) is 4.11. The molecule has 0 amide bonds. The summed E-state index contributed by atoms with van der Waals surface area (Å²) in [6, 6.07) is 15.8. The van der Waals surface area contributed by atoms with E-state index < -0.39 is 10.1 Å². The Morgan fingerprint density at radius 3 is 2.52 bits per heavy atom. The lowest BCUT2D eigenvalue weighted by molar-refractivity contribution is 0.439. The van der Waals surface area contributed by atoms with Crippen LogP contribution in [0.1, 0.15) is 6.42 Å². The monoisotopic (exact) mass is 331 g/mol. The maximum Gasteiger partial charge on any atom is 0.264 e. The van der Waals surface area contributed by atoms with Crippen LogP contribution in [0.5, 0.6) is 5.75 Å². The Labute approximate surface area is 135 Å². The molecule has 0 saturated carbocycles. The summed E-state index contributed by atoms with van der Waals surface area (Å²) in [5.74, 6) is 0.867. The van der Waals surface area contributed by atoms with Crippen molar-refractivity contribution in [2.45, 2.75) is 6.42 Å². The van der Waals surface area contributed by atoms with Gasteiger partial charge in [-0.2, -0.15) is 8.42 Å². The topological polar surface area (TPSA) is 66.8 Å². The van der Waals surface area contributed by atoms with Crippen LogP contribution in [-0.4, -0.2) is 25.3 Å². The fourth-order valence-electron chi connectivity index (χ4n) is 2.59. The summed E-state index contributed by atoms with van der Waals surface area (Å²) in [5.41, 5.74) is 2.99. The summed E-state index contributed by atoms with van der Waals surface area (Å²) in [4.78, 5) is 1.83. The molecule has 1 N–H and O–H groups in total. The third kappa shape index (κ3) is 3.55. The van der Waals surface area contributed by atoms with E-state index in [1.165, 1.54) is 0 Å². The van der Waals surface area contributed by atoms with Gasteiger partial charge in [-0.3, -0.25) is 4.55 Å². The van der Waals surface area contributed by atoms with Crippen LogP contribution >= 0.6 is 0 Å². The van der Waals surface area contributed by atoms with Crippen molar-refractivity contribution in [2.75, 3.05) is 17.2 Å². The van der Waals surface area contributed by atoms with E-state index in [9.17, 15) is 8.42 Å². The van der Waals surface area contributed by atoms with Crippen LogP contribution in [0.25, 0.3) is 11.1 Å². The van der Waals surface area contributed by atoms with Crippen molar-refractivity contribution in [3.8, 4) is 16.9 Å². The summed E-state index contributed by atoms with van der Waals surface area (Å²) in [5, 5.41) is 0. The lowest BCUT2D eigenvalue weighted by atomic mass is 10.0. The van der Waals surface area contributed by atoms with Crippen LogP contribution in [0.3, 0.4) is 0 Å². The van der Waals surface area contributed by atoms with E-state index in [1.54, 1.807) is 0 Å². The number of hydrogen-bond donors (Lipinski definition) is 1. The zero-order valence-electron chi connectivity index (χ0n) is 12.5. The van der Waals surface area contributed by atoms with Crippen LogP contribution in [0, 0.1) is 0 Å². The normalized spacial score (nSPS) is 13.8. The Balaban J connectivity index is 1.84. The van der Waals surface area contributed by atoms with Crippen LogP contribution in [0.15, 0.2) is 61.0 Å². The molecule has 0 unspecified atom stereocenters. The fourth-order valence-corrected chi connectivity index (χ4v) is 3.09. The molecule has 0 saturated heterocycles. The molecule has 1 aliphatic rings. The van der Waals surface area contributed by atoms with Gasteiger partial charge >= 0.3 is 0 Å². The molecule has 0 bridgehead atoms. The number of anilines is 1. The molecule has 23 heavy (non-hydrogen) atoms. The molecular formula is C17H17NO4S. The maximum atomic E-state index is 10.9. The SMILES string of the molecule is C=C1Oc2ccc(-c3ccccc3)cc2N1CCCS(=O)(=O)O. The van der Waals surface area contributed by atoms with Gasteiger partial charge in [-0.1, -0.05) is 36.4 Å². The molecule has 6 heteroatoms. The van der Waals surface area contributed by atoms with Gasteiger partial charge in [0.05, 0.1) is 11.4 Å². The summed E-state index contributed by atoms with van der Waals surface area (Å²) < 4.78 is 36.2. The van der Waals surface area contributed by atoms with Crippen molar-refractivity contribution >= 4 is 15.8 Å². The highest BCUT2D eigenvalue weighted by molar-refractivity contribution is 7.85. The van der Waals surface area contributed by atoms with E-state index in [0.717, 1.165) is 16.8 Å². The first kappa shape index (κ1) is 15.6. The zero-order chi connectivity index (χ0) is 16.4. The molecule has 120 valence electrons. The van der Waals surface area contributed by atoms with Gasteiger partial charge in [-0.15, -0.1) is 0 Å². The second kappa shape index (κ2) is 6.06. The van der Waals surface area contributed by atoms with Gasteiger partial charge in [0.25, 0.3) is 10.1 Å². The van der Waals surface area contributed by atoms with Crippen molar-refractivity contribution in [1.29, 1.82) is 0 Å². The minimum atomic E-state index is -3.96. The minimum absolute atomic E-state index is 0.287. The van der Waals surface area contributed by atoms with Crippen LogP contribution < -0.4 is 9.64 Å². The van der Waals surface area contributed by atoms with Crippen LogP contribution in [0.2, 0.25) is 0 Å². The average Bonchev–Trinajstić information content (AvgIpc) is 2.82. The van der Waals surface area contributed by atoms with E-state index in [0.29, 0.717) is 18.2 Å². The lowest BCUT2D eigenvalue weighted by Crippen LogP contribution is -2.22. The third-order valence-electron chi connectivity index (χ3n) is 3.67. The van der Waals surface area contributed by atoms with E-state index in [-0.39, 0.29) is 12.2 Å². The molecule has 5 nitrogen and oxygen atoms in total. The number of benzene rings is 2. The van der Waals surface area contributed by atoms with Gasteiger partial charge in [0, 0.05) is 6.54 Å². The molecule has 0 spiro atoms. The van der Waals surface area contributed by atoms with E-state index in [4.69, 9.17) is 9.29 Å². The molecule has 0 radical (unpaired) electrons. The molecule has 1 aliphatic heterocycles. The molecule has 2 aromatic carbocycles. The minimum Gasteiger partial charge on any atom is -0.439 e. The van der Waals surface area contributed by atoms with E-state index >= 15 is 0 Å². The molecule has 0 fully saturated rings. The smallest absolute Gasteiger partial charge is 0.264 e. The van der Waals surface area contributed by atoms with Gasteiger partial charge in [0.15, 0.2) is 11.6 Å². The summed E-state index contributed by atoms with van der Waals surface area (Å²) in [6.45, 7) is 4.27. The fraction of sp³-hybridized carbons (Fsp3) is 0.176. The first-order chi connectivity index (χ1) is 10.9. The zero-order valence-corrected chi connectivity index (χ0v) is 13.3. The van der Waals surface area contributed by atoms with Gasteiger partial charge in [0.2, 0.25) is 0 Å². The molecule has 1 heterocycles. The Bertz CT molecular complexity index is 831. The van der Waals surface area contributed by atoms with Crippen molar-refractivity contribution in [3.05, 3.63) is 61.0 Å². The first-order valence-corrected chi connectivity index (χ1v) is 8.84.